The van der Waals surface area contributed by atoms with Crippen LogP contribution in [0, 0.1) is 19.8 Å². The molecule has 1 saturated heterocycles. The third-order valence-electron chi connectivity index (χ3n) is 5.83. The van der Waals surface area contributed by atoms with Gasteiger partial charge in [-0.2, -0.15) is 0 Å². The number of amides is 1. The molecule has 0 aromatic carbocycles. The lowest BCUT2D eigenvalue weighted by Crippen LogP contribution is -2.30. The fourth-order valence-electron chi connectivity index (χ4n) is 4.29. The average Bonchev–Trinajstić information content (AvgIpc) is 3.08. The number of hydrogen-bond donors (Lipinski definition) is 0. The molecule has 0 N–H and O–H groups in total. The second-order valence-electron chi connectivity index (χ2n) is 7.70. The largest absolute Gasteiger partial charge is 0.346 e. The molecule has 3 aliphatic rings. The second kappa shape index (κ2) is 6.92. The minimum Gasteiger partial charge on any atom is -0.346 e. The van der Waals surface area contributed by atoms with E-state index in [9.17, 15) is 4.79 Å². The molecule has 0 unspecified atom stereocenters. The normalized spacial score (nSPS) is 23.4. The number of thioether (sulfide) groups is 1. The third-order valence-corrected chi connectivity index (χ3v) is 7.21. The van der Waals surface area contributed by atoms with E-state index in [1.807, 2.05) is 4.90 Å². The van der Waals surface area contributed by atoms with Gasteiger partial charge in [0.15, 0.2) is 0 Å². The number of thiocarbonyl (C=S) groups is 1. The first-order valence-electron chi connectivity index (χ1n) is 9.48. The Morgan fingerprint density at radius 2 is 1.96 bits per heavy atom. The van der Waals surface area contributed by atoms with Gasteiger partial charge in [0.1, 0.15) is 4.32 Å². The summed E-state index contributed by atoms with van der Waals surface area (Å²) in [5.74, 6) is 0.885. The lowest BCUT2D eigenvalue weighted by atomic mass is 10.0. The summed E-state index contributed by atoms with van der Waals surface area (Å²) >= 11 is 6.95. The van der Waals surface area contributed by atoms with Crippen LogP contribution in [0.1, 0.15) is 67.9 Å². The van der Waals surface area contributed by atoms with Crippen LogP contribution in [0.5, 0.6) is 0 Å². The molecule has 134 valence electrons. The van der Waals surface area contributed by atoms with E-state index in [1.165, 1.54) is 67.2 Å². The molecule has 2 heterocycles. The van der Waals surface area contributed by atoms with Gasteiger partial charge < -0.3 is 4.57 Å². The van der Waals surface area contributed by atoms with Gasteiger partial charge in [-0.05, 0) is 56.7 Å². The van der Waals surface area contributed by atoms with E-state index >= 15 is 0 Å². The van der Waals surface area contributed by atoms with Gasteiger partial charge in [-0.25, -0.2) is 0 Å². The number of aromatic nitrogens is 1. The number of carbonyl (C=O) groups is 1. The first-order chi connectivity index (χ1) is 12.0. The van der Waals surface area contributed by atoms with Crippen molar-refractivity contribution in [3.8, 4) is 0 Å². The first kappa shape index (κ1) is 17.3. The molecule has 0 atom stereocenters. The zero-order valence-corrected chi connectivity index (χ0v) is 16.7. The van der Waals surface area contributed by atoms with E-state index in [0.29, 0.717) is 6.04 Å². The SMILES string of the molecule is Cc1cc(/C=C2\SC(=S)N(CCC3CCCC3)C2=O)c(C)n1C1CC1. The van der Waals surface area contributed by atoms with Crippen molar-refractivity contribution >= 4 is 40.3 Å². The van der Waals surface area contributed by atoms with Crippen molar-refractivity contribution in [2.45, 2.75) is 64.8 Å². The number of hydrogen-bond acceptors (Lipinski definition) is 3. The van der Waals surface area contributed by atoms with Crippen LogP contribution in [0.2, 0.25) is 0 Å². The summed E-state index contributed by atoms with van der Waals surface area (Å²) in [6.07, 6.45) is 11.0. The maximum absolute atomic E-state index is 12.8. The van der Waals surface area contributed by atoms with Crippen LogP contribution in [0.15, 0.2) is 11.0 Å². The number of rotatable bonds is 5. The summed E-state index contributed by atoms with van der Waals surface area (Å²) in [6.45, 7) is 5.11. The van der Waals surface area contributed by atoms with E-state index in [0.717, 1.165) is 28.1 Å². The second-order valence-corrected chi connectivity index (χ2v) is 9.38. The Bertz CT molecular complexity index is 739. The van der Waals surface area contributed by atoms with Crippen molar-refractivity contribution in [1.29, 1.82) is 0 Å². The number of aryl methyl sites for hydroxylation is 1. The van der Waals surface area contributed by atoms with Crippen LogP contribution in [0.3, 0.4) is 0 Å². The van der Waals surface area contributed by atoms with Crippen molar-refractivity contribution in [2.24, 2.45) is 5.92 Å². The number of carbonyl (C=O) groups excluding carboxylic acids is 1. The molecule has 1 amide bonds. The molecule has 3 nitrogen and oxygen atoms in total. The maximum Gasteiger partial charge on any atom is 0.266 e. The van der Waals surface area contributed by atoms with Crippen molar-refractivity contribution in [3.63, 3.8) is 0 Å². The minimum atomic E-state index is 0.101. The highest BCUT2D eigenvalue weighted by Crippen LogP contribution is 2.40. The van der Waals surface area contributed by atoms with E-state index in [-0.39, 0.29) is 5.91 Å². The molecular formula is C20H26N2OS2. The van der Waals surface area contributed by atoms with E-state index < -0.39 is 0 Å². The van der Waals surface area contributed by atoms with Gasteiger partial charge in [-0.3, -0.25) is 9.69 Å². The maximum atomic E-state index is 12.8. The van der Waals surface area contributed by atoms with Crippen LogP contribution in [0.25, 0.3) is 6.08 Å². The van der Waals surface area contributed by atoms with Crippen molar-refractivity contribution in [2.75, 3.05) is 6.54 Å². The fraction of sp³-hybridized carbons (Fsp3) is 0.600. The molecule has 0 spiro atoms. The van der Waals surface area contributed by atoms with Crippen molar-refractivity contribution in [1.82, 2.24) is 9.47 Å². The topological polar surface area (TPSA) is 25.2 Å². The molecule has 1 aromatic heterocycles. The Balaban J connectivity index is 1.49. The molecule has 5 heteroatoms. The summed E-state index contributed by atoms with van der Waals surface area (Å²) in [7, 11) is 0. The van der Waals surface area contributed by atoms with Gasteiger partial charge >= 0.3 is 0 Å². The van der Waals surface area contributed by atoms with Crippen LogP contribution in [-0.4, -0.2) is 26.2 Å². The fourth-order valence-corrected chi connectivity index (χ4v) is 5.59. The standard InChI is InChI=1S/C20H26N2OS2/c1-13-11-16(14(2)22(13)17-7-8-17)12-18-19(23)21(20(24)25-18)10-9-15-5-3-4-6-15/h11-12,15,17H,3-10H2,1-2H3/b18-12-. The molecule has 3 fully saturated rings. The lowest BCUT2D eigenvalue weighted by molar-refractivity contribution is -0.122. The summed E-state index contributed by atoms with van der Waals surface area (Å²) in [6, 6.07) is 2.88. The van der Waals surface area contributed by atoms with Crippen molar-refractivity contribution < 1.29 is 4.79 Å². The molecule has 2 aliphatic carbocycles. The zero-order chi connectivity index (χ0) is 17.6. The highest BCUT2D eigenvalue weighted by atomic mass is 32.2. The van der Waals surface area contributed by atoms with Gasteiger partial charge in [0.25, 0.3) is 5.91 Å². The smallest absolute Gasteiger partial charge is 0.266 e. The molecule has 2 saturated carbocycles. The highest BCUT2D eigenvalue weighted by molar-refractivity contribution is 8.26. The third kappa shape index (κ3) is 3.45. The quantitative estimate of drug-likeness (QED) is 0.522. The number of nitrogens with zero attached hydrogens (tertiary/aromatic N) is 2. The summed E-state index contributed by atoms with van der Waals surface area (Å²) in [5, 5.41) is 0. The lowest BCUT2D eigenvalue weighted by Gasteiger charge is -2.17. The van der Waals surface area contributed by atoms with Crippen LogP contribution < -0.4 is 0 Å². The van der Waals surface area contributed by atoms with Crippen molar-refractivity contribution in [3.05, 3.63) is 27.9 Å². The average molecular weight is 375 g/mol. The molecule has 0 bridgehead atoms. The molecule has 1 aliphatic heterocycles. The first-order valence-corrected chi connectivity index (χ1v) is 10.7. The Labute approximate surface area is 159 Å². The van der Waals surface area contributed by atoms with Crippen LogP contribution in [0.4, 0.5) is 0 Å². The Hall–Kier alpha value is -1.07. The van der Waals surface area contributed by atoms with Gasteiger partial charge in [-0.1, -0.05) is 49.7 Å². The van der Waals surface area contributed by atoms with E-state index in [1.54, 1.807) is 0 Å². The predicted octanol–water partition coefficient (Wildman–Crippen LogP) is 5.22. The zero-order valence-electron chi connectivity index (χ0n) is 15.1. The summed E-state index contributed by atoms with van der Waals surface area (Å²) < 4.78 is 3.15. The predicted molar refractivity (Wildman–Crippen MR) is 109 cm³/mol. The highest BCUT2D eigenvalue weighted by Gasteiger charge is 2.33. The summed E-state index contributed by atoms with van der Waals surface area (Å²) in [4.78, 5) is 15.4. The monoisotopic (exact) mass is 374 g/mol. The van der Waals surface area contributed by atoms with Gasteiger partial charge in [0, 0.05) is 24.0 Å². The van der Waals surface area contributed by atoms with Gasteiger partial charge in [0.2, 0.25) is 0 Å². The van der Waals surface area contributed by atoms with Gasteiger partial charge in [0.05, 0.1) is 4.91 Å². The molecular weight excluding hydrogens is 348 g/mol. The molecule has 4 rings (SSSR count). The Morgan fingerprint density at radius 3 is 2.64 bits per heavy atom. The Kier molecular flexibility index (Phi) is 4.80. The van der Waals surface area contributed by atoms with Gasteiger partial charge in [-0.15, -0.1) is 0 Å². The Morgan fingerprint density at radius 1 is 1.24 bits per heavy atom. The van der Waals surface area contributed by atoms with Crippen LogP contribution in [-0.2, 0) is 4.79 Å². The molecule has 25 heavy (non-hydrogen) atoms. The molecule has 0 radical (unpaired) electrons. The molecule has 1 aromatic rings. The summed E-state index contributed by atoms with van der Waals surface area (Å²) in [5.41, 5.74) is 3.74. The van der Waals surface area contributed by atoms with E-state index in [2.05, 4.69) is 30.6 Å². The van der Waals surface area contributed by atoms with Crippen LogP contribution >= 0.6 is 24.0 Å². The van der Waals surface area contributed by atoms with E-state index in [4.69, 9.17) is 12.2 Å². The minimum absolute atomic E-state index is 0.101.